The Kier molecular flexibility index (Phi) is 4.09. The van der Waals surface area contributed by atoms with E-state index >= 15 is 0 Å². The lowest BCUT2D eigenvalue weighted by atomic mass is 10.1. The number of anilines is 2. The van der Waals surface area contributed by atoms with Gasteiger partial charge in [-0.05, 0) is 49.2 Å². The Morgan fingerprint density at radius 3 is 2.73 bits per heavy atom. The first-order valence-corrected chi connectivity index (χ1v) is 7.53. The Hall–Kier alpha value is -2.36. The average molecular weight is 298 g/mol. The van der Waals surface area contributed by atoms with Gasteiger partial charge in [-0.3, -0.25) is 4.79 Å². The molecule has 22 heavy (non-hydrogen) atoms. The number of carbonyl (C=O) groups excluding carboxylic acids is 1. The number of hydrogen-bond donors (Lipinski definition) is 1. The SMILES string of the molecule is CC1Cc2ccccc2N1CCC(=O)Nc1ccc(F)cc1. The predicted molar refractivity (Wildman–Crippen MR) is 86.6 cm³/mol. The second kappa shape index (κ2) is 6.18. The molecule has 0 fully saturated rings. The number of rotatable bonds is 4. The fourth-order valence-corrected chi connectivity index (χ4v) is 2.95. The van der Waals surface area contributed by atoms with Crippen molar-refractivity contribution in [2.45, 2.75) is 25.8 Å². The summed E-state index contributed by atoms with van der Waals surface area (Å²) in [5.41, 5.74) is 3.19. The molecule has 0 saturated carbocycles. The molecule has 2 aromatic carbocycles. The number of hydrogen-bond acceptors (Lipinski definition) is 2. The van der Waals surface area contributed by atoms with E-state index in [0.29, 0.717) is 24.7 Å². The number of amides is 1. The Morgan fingerprint density at radius 2 is 1.95 bits per heavy atom. The molecule has 0 spiro atoms. The number of para-hydroxylation sites is 1. The third-order valence-electron chi connectivity index (χ3n) is 4.06. The van der Waals surface area contributed by atoms with Crippen LogP contribution < -0.4 is 10.2 Å². The minimum Gasteiger partial charge on any atom is -0.368 e. The highest BCUT2D eigenvalue weighted by molar-refractivity contribution is 5.91. The summed E-state index contributed by atoms with van der Waals surface area (Å²) in [5, 5.41) is 2.80. The van der Waals surface area contributed by atoms with Gasteiger partial charge in [-0.2, -0.15) is 0 Å². The van der Waals surface area contributed by atoms with Crippen molar-refractivity contribution < 1.29 is 9.18 Å². The van der Waals surface area contributed by atoms with Crippen LogP contribution in [0.2, 0.25) is 0 Å². The molecular formula is C18H19FN2O. The van der Waals surface area contributed by atoms with Crippen LogP contribution in [0.1, 0.15) is 18.9 Å². The van der Waals surface area contributed by atoms with E-state index in [-0.39, 0.29) is 11.7 Å². The van der Waals surface area contributed by atoms with Gasteiger partial charge >= 0.3 is 0 Å². The van der Waals surface area contributed by atoms with Crippen molar-refractivity contribution in [1.82, 2.24) is 0 Å². The Balaban J connectivity index is 1.58. The van der Waals surface area contributed by atoms with Gasteiger partial charge < -0.3 is 10.2 Å². The Bertz CT molecular complexity index is 669. The van der Waals surface area contributed by atoms with Gasteiger partial charge in [0.2, 0.25) is 5.91 Å². The van der Waals surface area contributed by atoms with Crippen LogP contribution in [0.15, 0.2) is 48.5 Å². The maximum absolute atomic E-state index is 12.8. The summed E-state index contributed by atoms with van der Waals surface area (Å²) in [7, 11) is 0. The number of fused-ring (bicyclic) bond motifs is 1. The van der Waals surface area contributed by atoms with E-state index in [0.717, 1.165) is 6.42 Å². The zero-order chi connectivity index (χ0) is 15.5. The first kappa shape index (κ1) is 14.6. The number of halogens is 1. The highest BCUT2D eigenvalue weighted by atomic mass is 19.1. The topological polar surface area (TPSA) is 32.3 Å². The fraction of sp³-hybridized carbons (Fsp3) is 0.278. The molecule has 1 atom stereocenters. The molecule has 3 rings (SSSR count). The summed E-state index contributed by atoms with van der Waals surface area (Å²) >= 11 is 0. The van der Waals surface area contributed by atoms with Crippen LogP contribution in [-0.4, -0.2) is 18.5 Å². The summed E-state index contributed by atoms with van der Waals surface area (Å²) in [6, 6.07) is 14.6. The van der Waals surface area contributed by atoms with Crippen LogP contribution in [0.5, 0.6) is 0 Å². The second-order valence-electron chi connectivity index (χ2n) is 5.68. The third-order valence-corrected chi connectivity index (χ3v) is 4.06. The van der Waals surface area contributed by atoms with E-state index < -0.39 is 0 Å². The highest BCUT2D eigenvalue weighted by Gasteiger charge is 2.25. The lowest BCUT2D eigenvalue weighted by Gasteiger charge is -2.24. The number of nitrogens with zero attached hydrogens (tertiary/aromatic N) is 1. The van der Waals surface area contributed by atoms with Crippen LogP contribution in [0.4, 0.5) is 15.8 Å². The van der Waals surface area contributed by atoms with E-state index in [9.17, 15) is 9.18 Å². The van der Waals surface area contributed by atoms with Gasteiger partial charge in [0.05, 0.1) is 0 Å². The van der Waals surface area contributed by atoms with Crippen LogP contribution in [0.3, 0.4) is 0 Å². The van der Waals surface area contributed by atoms with E-state index in [4.69, 9.17) is 0 Å². The molecule has 1 aliphatic heterocycles. The molecule has 0 bridgehead atoms. The molecule has 3 nitrogen and oxygen atoms in total. The van der Waals surface area contributed by atoms with Gasteiger partial charge in [0.1, 0.15) is 5.82 Å². The average Bonchev–Trinajstić information content (AvgIpc) is 2.83. The monoisotopic (exact) mass is 298 g/mol. The molecule has 2 aromatic rings. The molecule has 0 aliphatic carbocycles. The van der Waals surface area contributed by atoms with Crippen LogP contribution in [-0.2, 0) is 11.2 Å². The van der Waals surface area contributed by atoms with Crippen LogP contribution in [0.25, 0.3) is 0 Å². The lowest BCUT2D eigenvalue weighted by molar-refractivity contribution is -0.116. The number of benzene rings is 2. The first-order chi connectivity index (χ1) is 10.6. The Morgan fingerprint density at radius 1 is 1.23 bits per heavy atom. The highest BCUT2D eigenvalue weighted by Crippen LogP contribution is 2.31. The van der Waals surface area contributed by atoms with E-state index in [1.165, 1.54) is 23.4 Å². The van der Waals surface area contributed by atoms with Crippen LogP contribution in [0, 0.1) is 5.82 Å². The summed E-state index contributed by atoms with van der Waals surface area (Å²) in [4.78, 5) is 14.3. The maximum Gasteiger partial charge on any atom is 0.226 e. The number of nitrogens with one attached hydrogen (secondary N) is 1. The van der Waals surface area contributed by atoms with Crippen LogP contribution >= 0.6 is 0 Å². The van der Waals surface area contributed by atoms with Crippen molar-refractivity contribution in [1.29, 1.82) is 0 Å². The van der Waals surface area contributed by atoms with Gasteiger partial charge in [0, 0.05) is 30.4 Å². The second-order valence-corrected chi connectivity index (χ2v) is 5.68. The first-order valence-electron chi connectivity index (χ1n) is 7.53. The van der Waals surface area contributed by atoms with Gasteiger partial charge in [0.15, 0.2) is 0 Å². The maximum atomic E-state index is 12.8. The van der Waals surface area contributed by atoms with Gasteiger partial charge in [0.25, 0.3) is 0 Å². The minimum absolute atomic E-state index is 0.0526. The lowest BCUT2D eigenvalue weighted by Crippen LogP contribution is -2.32. The van der Waals surface area contributed by atoms with Crippen molar-refractivity contribution >= 4 is 17.3 Å². The van der Waals surface area contributed by atoms with E-state index in [1.807, 2.05) is 6.07 Å². The van der Waals surface area contributed by atoms with Crippen molar-refractivity contribution in [2.75, 3.05) is 16.8 Å². The quantitative estimate of drug-likeness (QED) is 0.935. The molecule has 0 saturated heterocycles. The van der Waals surface area contributed by atoms with E-state index in [2.05, 4.69) is 35.3 Å². The Labute approximate surface area is 129 Å². The molecule has 1 N–H and O–H groups in total. The summed E-state index contributed by atoms with van der Waals surface area (Å²) in [6.45, 7) is 2.86. The molecule has 0 radical (unpaired) electrons. The van der Waals surface area contributed by atoms with Gasteiger partial charge in [-0.15, -0.1) is 0 Å². The third kappa shape index (κ3) is 3.11. The van der Waals surface area contributed by atoms with Crippen molar-refractivity contribution in [3.63, 3.8) is 0 Å². The molecule has 1 amide bonds. The zero-order valence-corrected chi connectivity index (χ0v) is 12.6. The minimum atomic E-state index is -0.305. The molecule has 1 heterocycles. The molecule has 1 unspecified atom stereocenters. The zero-order valence-electron chi connectivity index (χ0n) is 12.6. The normalized spacial score (nSPS) is 16.5. The van der Waals surface area contributed by atoms with Crippen molar-refractivity contribution in [2.24, 2.45) is 0 Å². The number of carbonyl (C=O) groups is 1. The van der Waals surface area contributed by atoms with Crippen molar-refractivity contribution in [3.8, 4) is 0 Å². The summed E-state index contributed by atoms with van der Waals surface area (Å²) in [6.07, 6.45) is 1.44. The smallest absolute Gasteiger partial charge is 0.226 e. The van der Waals surface area contributed by atoms with E-state index in [1.54, 1.807) is 12.1 Å². The standard InChI is InChI=1S/C18H19FN2O/c1-13-12-14-4-2-3-5-17(14)21(13)11-10-18(22)20-16-8-6-15(19)7-9-16/h2-9,13H,10-12H2,1H3,(H,20,22). The largest absolute Gasteiger partial charge is 0.368 e. The molecule has 1 aliphatic rings. The summed E-state index contributed by atoms with van der Waals surface area (Å²) in [5.74, 6) is -0.358. The summed E-state index contributed by atoms with van der Waals surface area (Å²) < 4.78 is 12.8. The predicted octanol–water partition coefficient (Wildman–Crippen LogP) is 3.61. The van der Waals surface area contributed by atoms with Crippen molar-refractivity contribution in [3.05, 3.63) is 59.9 Å². The molecule has 114 valence electrons. The molecule has 4 heteroatoms. The van der Waals surface area contributed by atoms with Gasteiger partial charge in [-0.25, -0.2) is 4.39 Å². The molecule has 0 aromatic heterocycles. The van der Waals surface area contributed by atoms with Gasteiger partial charge in [-0.1, -0.05) is 18.2 Å². The molecular weight excluding hydrogens is 279 g/mol. The fourth-order valence-electron chi connectivity index (χ4n) is 2.95.